The molecule has 1 heterocycles. The zero-order chi connectivity index (χ0) is 13.2. The van der Waals surface area contributed by atoms with Crippen molar-refractivity contribution < 1.29 is 0 Å². The lowest BCUT2D eigenvalue weighted by atomic mass is 10.1. The Labute approximate surface area is 119 Å². The van der Waals surface area contributed by atoms with Crippen LogP contribution in [0.15, 0.2) is 53.1 Å². The van der Waals surface area contributed by atoms with Crippen LogP contribution < -0.4 is 5.32 Å². The second-order valence-electron chi connectivity index (χ2n) is 4.34. The second-order valence-corrected chi connectivity index (χ2v) is 5.26. The number of aromatic nitrogens is 2. The minimum atomic E-state index is 0.611. The fourth-order valence-electron chi connectivity index (χ4n) is 1.96. The Kier molecular flexibility index (Phi) is 3.17. The molecule has 2 aromatic carbocycles. The van der Waals surface area contributed by atoms with Gasteiger partial charge in [0.2, 0.25) is 5.95 Å². The lowest BCUT2D eigenvalue weighted by Gasteiger charge is -2.07. The second kappa shape index (κ2) is 4.97. The van der Waals surface area contributed by atoms with Crippen LogP contribution in [0, 0.1) is 6.92 Å². The molecule has 0 saturated carbocycles. The minimum Gasteiger partial charge on any atom is -0.324 e. The van der Waals surface area contributed by atoms with Gasteiger partial charge >= 0.3 is 0 Å². The zero-order valence-electron chi connectivity index (χ0n) is 10.4. The van der Waals surface area contributed by atoms with Crippen molar-refractivity contribution in [2.24, 2.45) is 0 Å². The summed E-state index contributed by atoms with van der Waals surface area (Å²) in [7, 11) is 0. The van der Waals surface area contributed by atoms with E-state index in [9.17, 15) is 0 Å². The van der Waals surface area contributed by atoms with E-state index < -0.39 is 0 Å². The summed E-state index contributed by atoms with van der Waals surface area (Å²) >= 11 is 3.45. The van der Waals surface area contributed by atoms with Crippen molar-refractivity contribution in [1.29, 1.82) is 0 Å². The van der Waals surface area contributed by atoms with Crippen LogP contribution in [-0.4, -0.2) is 9.97 Å². The SMILES string of the molecule is Cc1cccc2cnc(Nc3cccc(Br)c3)nc12. The van der Waals surface area contributed by atoms with Crippen molar-refractivity contribution in [3.8, 4) is 0 Å². The first kappa shape index (κ1) is 12.1. The van der Waals surface area contributed by atoms with Crippen molar-refractivity contribution in [3.63, 3.8) is 0 Å². The number of anilines is 2. The van der Waals surface area contributed by atoms with Gasteiger partial charge in [-0.1, -0.05) is 40.2 Å². The number of aryl methyl sites for hydroxylation is 1. The minimum absolute atomic E-state index is 0.611. The highest BCUT2D eigenvalue weighted by Gasteiger charge is 2.02. The van der Waals surface area contributed by atoms with Gasteiger partial charge in [-0.15, -0.1) is 0 Å². The smallest absolute Gasteiger partial charge is 0.227 e. The highest BCUT2D eigenvalue weighted by Crippen LogP contribution is 2.21. The Bertz CT molecular complexity index is 740. The van der Waals surface area contributed by atoms with E-state index in [0.29, 0.717) is 5.95 Å². The van der Waals surface area contributed by atoms with E-state index in [1.807, 2.05) is 42.6 Å². The van der Waals surface area contributed by atoms with Gasteiger partial charge in [0.05, 0.1) is 5.52 Å². The van der Waals surface area contributed by atoms with E-state index in [1.54, 1.807) is 0 Å². The van der Waals surface area contributed by atoms with E-state index in [0.717, 1.165) is 26.6 Å². The number of hydrogen-bond donors (Lipinski definition) is 1. The van der Waals surface area contributed by atoms with E-state index in [1.165, 1.54) is 0 Å². The van der Waals surface area contributed by atoms with Crippen LogP contribution in [-0.2, 0) is 0 Å². The summed E-state index contributed by atoms with van der Waals surface area (Å²) in [5.74, 6) is 0.611. The first-order chi connectivity index (χ1) is 9.22. The maximum Gasteiger partial charge on any atom is 0.227 e. The number of halogens is 1. The van der Waals surface area contributed by atoms with Gasteiger partial charge in [-0.25, -0.2) is 9.97 Å². The summed E-state index contributed by atoms with van der Waals surface area (Å²) in [6.45, 7) is 2.05. The summed E-state index contributed by atoms with van der Waals surface area (Å²) < 4.78 is 1.02. The van der Waals surface area contributed by atoms with Gasteiger partial charge in [-0.05, 0) is 30.7 Å². The van der Waals surface area contributed by atoms with Crippen molar-refractivity contribution in [2.45, 2.75) is 6.92 Å². The average molecular weight is 314 g/mol. The maximum absolute atomic E-state index is 4.56. The molecule has 0 saturated heterocycles. The highest BCUT2D eigenvalue weighted by atomic mass is 79.9. The monoisotopic (exact) mass is 313 g/mol. The summed E-state index contributed by atoms with van der Waals surface area (Å²) in [5, 5.41) is 4.27. The molecule has 0 bridgehead atoms. The van der Waals surface area contributed by atoms with Gasteiger partial charge < -0.3 is 5.32 Å². The molecule has 0 aliphatic carbocycles. The standard InChI is InChI=1S/C15H12BrN3/c1-10-4-2-5-11-9-17-15(19-14(10)11)18-13-7-3-6-12(16)8-13/h2-9H,1H3,(H,17,18,19). The van der Waals surface area contributed by atoms with Gasteiger partial charge in [-0.3, -0.25) is 0 Å². The summed E-state index contributed by atoms with van der Waals surface area (Å²) in [5.41, 5.74) is 3.09. The number of benzene rings is 2. The normalized spacial score (nSPS) is 10.6. The molecule has 0 fully saturated rings. The number of rotatable bonds is 2. The molecule has 0 aliphatic heterocycles. The van der Waals surface area contributed by atoms with Crippen molar-refractivity contribution in [2.75, 3.05) is 5.32 Å². The van der Waals surface area contributed by atoms with Gasteiger partial charge in [0.1, 0.15) is 0 Å². The lowest BCUT2D eigenvalue weighted by Crippen LogP contribution is -1.97. The fraction of sp³-hybridized carbons (Fsp3) is 0.0667. The van der Waals surface area contributed by atoms with E-state index in [2.05, 4.69) is 44.2 Å². The van der Waals surface area contributed by atoms with Crippen molar-refractivity contribution >= 4 is 38.5 Å². The maximum atomic E-state index is 4.56. The molecule has 0 atom stereocenters. The molecule has 0 amide bonds. The molecular formula is C15H12BrN3. The predicted octanol–water partition coefficient (Wildman–Crippen LogP) is 4.44. The molecular weight excluding hydrogens is 302 g/mol. The predicted molar refractivity (Wildman–Crippen MR) is 81.7 cm³/mol. The van der Waals surface area contributed by atoms with Crippen molar-refractivity contribution in [3.05, 3.63) is 58.7 Å². The van der Waals surface area contributed by atoms with E-state index in [4.69, 9.17) is 0 Å². The van der Waals surface area contributed by atoms with Crippen LogP contribution in [0.4, 0.5) is 11.6 Å². The molecule has 1 N–H and O–H groups in total. The third kappa shape index (κ3) is 2.58. The van der Waals surface area contributed by atoms with Crippen molar-refractivity contribution in [1.82, 2.24) is 9.97 Å². The summed E-state index contributed by atoms with van der Waals surface area (Å²) in [4.78, 5) is 8.90. The molecule has 19 heavy (non-hydrogen) atoms. The van der Waals surface area contributed by atoms with E-state index >= 15 is 0 Å². The largest absolute Gasteiger partial charge is 0.324 e. The molecule has 94 valence electrons. The molecule has 0 unspecified atom stereocenters. The fourth-order valence-corrected chi connectivity index (χ4v) is 2.36. The zero-order valence-corrected chi connectivity index (χ0v) is 12.0. The molecule has 1 aromatic heterocycles. The van der Waals surface area contributed by atoms with Crippen LogP contribution >= 0.6 is 15.9 Å². The molecule has 3 rings (SSSR count). The van der Waals surface area contributed by atoms with Gasteiger partial charge in [0.15, 0.2) is 0 Å². The number of para-hydroxylation sites is 1. The average Bonchev–Trinajstić information content (AvgIpc) is 2.40. The van der Waals surface area contributed by atoms with Gasteiger partial charge in [0, 0.05) is 21.7 Å². The molecule has 4 heteroatoms. The lowest BCUT2D eigenvalue weighted by molar-refractivity contribution is 1.20. The molecule has 0 spiro atoms. The van der Waals surface area contributed by atoms with Gasteiger partial charge in [-0.2, -0.15) is 0 Å². The van der Waals surface area contributed by atoms with Crippen LogP contribution in [0.25, 0.3) is 10.9 Å². The number of nitrogens with zero attached hydrogens (tertiary/aromatic N) is 2. The third-order valence-corrected chi connectivity index (χ3v) is 3.39. The number of hydrogen-bond acceptors (Lipinski definition) is 3. The number of nitrogens with one attached hydrogen (secondary N) is 1. The Balaban J connectivity index is 2.00. The highest BCUT2D eigenvalue weighted by molar-refractivity contribution is 9.10. The van der Waals surface area contributed by atoms with E-state index in [-0.39, 0.29) is 0 Å². The Morgan fingerprint density at radius 1 is 1.11 bits per heavy atom. The molecule has 3 nitrogen and oxygen atoms in total. The Morgan fingerprint density at radius 2 is 1.95 bits per heavy atom. The topological polar surface area (TPSA) is 37.8 Å². The summed E-state index contributed by atoms with van der Waals surface area (Å²) in [6.07, 6.45) is 1.84. The third-order valence-electron chi connectivity index (χ3n) is 2.89. The Morgan fingerprint density at radius 3 is 2.79 bits per heavy atom. The van der Waals surface area contributed by atoms with Gasteiger partial charge in [0.25, 0.3) is 0 Å². The van der Waals surface area contributed by atoms with Crippen LogP contribution in [0.2, 0.25) is 0 Å². The number of fused-ring (bicyclic) bond motifs is 1. The van der Waals surface area contributed by atoms with Crippen LogP contribution in [0.1, 0.15) is 5.56 Å². The van der Waals surface area contributed by atoms with Crippen LogP contribution in [0.3, 0.4) is 0 Å². The van der Waals surface area contributed by atoms with Crippen LogP contribution in [0.5, 0.6) is 0 Å². The summed E-state index contributed by atoms with van der Waals surface area (Å²) in [6, 6.07) is 14.0. The first-order valence-electron chi connectivity index (χ1n) is 5.97. The Hall–Kier alpha value is -1.94. The quantitative estimate of drug-likeness (QED) is 0.759. The molecule has 0 aliphatic rings. The molecule has 3 aromatic rings. The first-order valence-corrected chi connectivity index (χ1v) is 6.77. The molecule has 0 radical (unpaired) electrons.